The molecule has 0 fully saturated rings. The van der Waals surface area contributed by atoms with Gasteiger partial charge in [-0.2, -0.15) is 5.10 Å². The third kappa shape index (κ3) is 4.08. The number of aryl methyl sites for hydroxylation is 1. The summed E-state index contributed by atoms with van der Waals surface area (Å²) in [5.74, 6) is -1.13. The smallest absolute Gasteiger partial charge is 0.269 e. The summed E-state index contributed by atoms with van der Waals surface area (Å²) in [7, 11) is 1.62. The first kappa shape index (κ1) is 21.5. The molecule has 0 aliphatic carbocycles. The zero-order chi connectivity index (χ0) is 21.6. The monoisotopic (exact) mass is 420 g/mol. The Morgan fingerprint density at radius 1 is 1.28 bits per heavy atom. The number of methoxy groups -OCH3 is 1. The number of carbonyl (C=O) groups is 2. The van der Waals surface area contributed by atoms with Crippen molar-refractivity contribution in [3.05, 3.63) is 33.5 Å². The molecule has 9 heteroatoms. The predicted molar refractivity (Wildman–Crippen MR) is 111 cm³/mol. The number of thiophene rings is 1. The number of carbonyl (C=O) groups excluding carboxylic acids is 2. The van der Waals surface area contributed by atoms with Gasteiger partial charge in [0, 0.05) is 36.8 Å². The Hall–Kier alpha value is -2.23. The molecule has 0 saturated heterocycles. The Morgan fingerprint density at radius 3 is 2.55 bits per heavy atom. The summed E-state index contributed by atoms with van der Waals surface area (Å²) in [5.41, 5.74) is 12.5. The summed E-state index contributed by atoms with van der Waals surface area (Å²) in [6, 6.07) is 0. The van der Waals surface area contributed by atoms with Crippen molar-refractivity contribution in [3.63, 3.8) is 0 Å². The van der Waals surface area contributed by atoms with Crippen molar-refractivity contribution in [2.45, 2.75) is 58.2 Å². The lowest BCUT2D eigenvalue weighted by Gasteiger charge is -2.41. The minimum atomic E-state index is -0.608. The first-order chi connectivity index (χ1) is 13.5. The average molecular weight is 421 g/mol. The Bertz CT molecular complexity index is 958. The van der Waals surface area contributed by atoms with Crippen LogP contribution in [0, 0.1) is 0 Å². The number of hydrogen-bond acceptors (Lipinski definition) is 6. The highest BCUT2D eigenvalue weighted by molar-refractivity contribution is 7.15. The van der Waals surface area contributed by atoms with Crippen LogP contribution in [0.3, 0.4) is 0 Å². The molecule has 3 rings (SSSR count). The molecule has 1 aliphatic rings. The minimum Gasteiger partial charge on any atom is -0.385 e. The number of nitrogens with zero attached hydrogens (tertiary/aromatic N) is 2. The van der Waals surface area contributed by atoms with E-state index in [0.29, 0.717) is 35.6 Å². The number of primary amides is 2. The van der Waals surface area contributed by atoms with Gasteiger partial charge in [-0.05, 0) is 46.1 Å². The Balaban J connectivity index is 2.15. The SMILES string of the molecule is COCCCc1cn(-c2sc3c(c2C(N)=O)CC(C)(C)OC3(C)C)nc1C(N)=O. The van der Waals surface area contributed by atoms with Crippen molar-refractivity contribution in [1.29, 1.82) is 0 Å². The van der Waals surface area contributed by atoms with Crippen molar-refractivity contribution < 1.29 is 19.1 Å². The minimum absolute atomic E-state index is 0.193. The van der Waals surface area contributed by atoms with Gasteiger partial charge in [0.15, 0.2) is 5.69 Å². The van der Waals surface area contributed by atoms with Gasteiger partial charge >= 0.3 is 0 Å². The van der Waals surface area contributed by atoms with E-state index in [2.05, 4.69) is 5.10 Å². The van der Waals surface area contributed by atoms with E-state index in [0.717, 1.165) is 16.9 Å². The summed E-state index contributed by atoms with van der Waals surface area (Å²) < 4.78 is 12.9. The van der Waals surface area contributed by atoms with Crippen molar-refractivity contribution in [3.8, 4) is 5.00 Å². The molecule has 2 amide bonds. The van der Waals surface area contributed by atoms with Crippen molar-refractivity contribution >= 4 is 23.2 Å². The van der Waals surface area contributed by atoms with E-state index >= 15 is 0 Å². The fourth-order valence-electron chi connectivity index (χ4n) is 4.03. The van der Waals surface area contributed by atoms with Gasteiger partial charge in [-0.1, -0.05) is 0 Å². The molecule has 0 radical (unpaired) electrons. The van der Waals surface area contributed by atoms with Gasteiger partial charge in [0.1, 0.15) is 5.00 Å². The zero-order valence-electron chi connectivity index (χ0n) is 17.5. The van der Waals surface area contributed by atoms with E-state index < -0.39 is 23.0 Å². The molecule has 29 heavy (non-hydrogen) atoms. The van der Waals surface area contributed by atoms with Crippen LogP contribution < -0.4 is 11.5 Å². The normalized spacial score (nSPS) is 17.1. The van der Waals surface area contributed by atoms with Crippen molar-refractivity contribution in [2.75, 3.05) is 13.7 Å². The van der Waals surface area contributed by atoms with E-state index in [4.69, 9.17) is 20.9 Å². The highest BCUT2D eigenvalue weighted by Crippen LogP contribution is 2.47. The second-order valence-corrected chi connectivity index (χ2v) is 9.41. The Labute approximate surface area is 174 Å². The van der Waals surface area contributed by atoms with E-state index in [1.165, 1.54) is 11.3 Å². The molecular weight excluding hydrogens is 392 g/mol. The lowest BCUT2D eigenvalue weighted by Crippen LogP contribution is -2.42. The van der Waals surface area contributed by atoms with E-state index in [9.17, 15) is 9.59 Å². The zero-order valence-corrected chi connectivity index (χ0v) is 18.3. The number of hydrogen-bond donors (Lipinski definition) is 2. The van der Waals surface area contributed by atoms with Gasteiger partial charge in [-0.25, -0.2) is 4.68 Å². The second-order valence-electron chi connectivity index (χ2n) is 8.41. The van der Waals surface area contributed by atoms with E-state index in [1.54, 1.807) is 18.0 Å². The van der Waals surface area contributed by atoms with Gasteiger partial charge in [-0.15, -0.1) is 11.3 Å². The summed E-state index contributed by atoms with van der Waals surface area (Å²) in [6.07, 6.45) is 3.62. The summed E-state index contributed by atoms with van der Waals surface area (Å²) in [6.45, 7) is 8.50. The quantitative estimate of drug-likeness (QED) is 0.666. The molecule has 8 nitrogen and oxygen atoms in total. The molecule has 0 saturated carbocycles. The molecule has 2 aromatic heterocycles. The topological polar surface area (TPSA) is 122 Å². The summed E-state index contributed by atoms with van der Waals surface area (Å²) in [4.78, 5) is 25.3. The lowest BCUT2D eigenvalue weighted by molar-refractivity contribution is -0.135. The number of fused-ring (bicyclic) bond motifs is 1. The van der Waals surface area contributed by atoms with Gasteiger partial charge in [0.25, 0.3) is 11.8 Å². The highest BCUT2D eigenvalue weighted by Gasteiger charge is 2.43. The fourth-order valence-corrected chi connectivity index (χ4v) is 5.32. The molecule has 1 aliphatic heterocycles. The summed E-state index contributed by atoms with van der Waals surface area (Å²) >= 11 is 1.41. The van der Waals surface area contributed by atoms with Crippen LogP contribution in [0.25, 0.3) is 5.00 Å². The number of aromatic nitrogens is 2. The molecule has 0 spiro atoms. The van der Waals surface area contributed by atoms with E-state index in [1.807, 2.05) is 27.7 Å². The maximum absolute atomic E-state index is 12.4. The predicted octanol–water partition coefficient (Wildman–Crippen LogP) is 2.30. The fraction of sp³-hybridized carbons (Fsp3) is 0.550. The van der Waals surface area contributed by atoms with Crippen LogP contribution in [0.5, 0.6) is 0 Å². The molecule has 0 unspecified atom stereocenters. The van der Waals surface area contributed by atoms with Gasteiger partial charge < -0.3 is 20.9 Å². The van der Waals surface area contributed by atoms with Crippen molar-refractivity contribution in [1.82, 2.24) is 9.78 Å². The molecule has 2 aromatic rings. The lowest BCUT2D eigenvalue weighted by atomic mass is 9.86. The maximum Gasteiger partial charge on any atom is 0.269 e. The first-order valence-corrected chi connectivity index (χ1v) is 10.3. The third-order valence-electron chi connectivity index (χ3n) is 4.94. The largest absolute Gasteiger partial charge is 0.385 e. The number of ether oxygens (including phenoxy) is 2. The standard InChI is InChI=1S/C20H28N4O4S/c1-19(2)9-12-13(16(21)25)18(29-15(12)20(3,4)28-19)24-10-11(7-6-8-27-5)14(23-24)17(22)26/h10H,6-9H2,1-5H3,(H2,21,25)(H2,22,26). The van der Waals surface area contributed by atoms with Crippen LogP contribution in [-0.4, -0.2) is 40.9 Å². The molecule has 0 aromatic carbocycles. The second kappa shape index (κ2) is 7.55. The average Bonchev–Trinajstić information content (AvgIpc) is 3.15. The van der Waals surface area contributed by atoms with Crippen LogP contribution >= 0.6 is 11.3 Å². The molecule has 0 atom stereocenters. The first-order valence-electron chi connectivity index (χ1n) is 9.50. The van der Waals surface area contributed by atoms with Gasteiger partial charge in [-0.3, -0.25) is 9.59 Å². The number of rotatable bonds is 7. The molecule has 4 N–H and O–H groups in total. The number of nitrogens with two attached hydrogens (primary N) is 2. The van der Waals surface area contributed by atoms with Gasteiger partial charge in [0.2, 0.25) is 0 Å². The van der Waals surface area contributed by atoms with Gasteiger partial charge in [0.05, 0.1) is 16.8 Å². The molecule has 0 bridgehead atoms. The molecule has 3 heterocycles. The molecular formula is C20H28N4O4S. The van der Waals surface area contributed by atoms with Crippen LogP contribution in [0.15, 0.2) is 6.20 Å². The van der Waals surface area contributed by atoms with Crippen LogP contribution in [0.1, 0.15) is 71.0 Å². The highest BCUT2D eigenvalue weighted by atomic mass is 32.1. The Morgan fingerprint density at radius 2 is 1.97 bits per heavy atom. The maximum atomic E-state index is 12.4. The van der Waals surface area contributed by atoms with Crippen LogP contribution in [-0.2, 0) is 27.9 Å². The van der Waals surface area contributed by atoms with E-state index in [-0.39, 0.29) is 5.69 Å². The summed E-state index contributed by atoms with van der Waals surface area (Å²) in [5, 5.41) is 4.97. The third-order valence-corrected chi connectivity index (χ3v) is 6.47. The van der Waals surface area contributed by atoms with Crippen LogP contribution in [0.4, 0.5) is 0 Å². The number of amides is 2. The Kier molecular flexibility index (Phi) is 5.59. The molecule has 158 valence electrons. The van der Waals surface area contributed by atoms with Crippen LogP contribution in [0.2, 0.25) is 0 Å². The van der Waals surface area contributed by atoms with Crippen molar-refractivity contribution in [2.24, 2.45) is 11.5 Å².